The number of esters is 2. The van der Waals surface area contributed by atoms with Gasteiger partial charge in [0.15, 0.2) is 0 Å². The minimum atomic E-state index is -0.864. The number of hydrogen-bond donors (Lipinski definition) is 1. The van der Waals surface area contributed by atoms with Gasteiger partial charge in [0.2, 0.25) is 0 Å². The van der Waals surface area contributed by atoms with Crippen molar-refractivity contribution in [3.63, 3.8) is 0 Å². The topological polar surface area (TPSA) is 82.1 Å². The summed E-state index contributed by atoms with van der Waals surface area (Å²) in [5.41, 5.74) is -0.803. The van der Waals surface area contributed by atoms with Crippen LogP contribution in [-0.2, 0) is 23.8 Å². The average molecular weight is 423 g/mol. The van der Waals surface area contributed by atoms with Gasteiger partial charge in [-0.05, 0) is 63.4 Å². The van der Waals surface area contributed by atoms with Gasteiger partial charge in [-0.1, -0.05) is 20.4 Å². The molecule has 2 heterocycles. The predicted octanol–water partition coefficient (Wildman–Crippen LogP) is 3.80. The van der Waals surface area contributed by atoms with Gasteiger partial charge >= 0.3 is 11.9 Å². The fourth-order valence-electron chi connectivity index (χ4n) is 6.46. The van der Waals surface area contributed by atoms with Crippen LogP contribution in [-0.4, -0.2) is 46.6 Å². The summed E-state index contributed by atoms with van der Waals surface area (Å²) < 4.78 is 18.5. The molecule has 1 aliphatic carbocycles. The number of aliphatic hydroxyl groups is 1. The molecular formula is C24H38O6. The Morgan fingerprint density at radius 1 is 1.10 bits per heavy atom. The van der Waals surface area contributed by atoms with Crippen molar-refractivity contribution >= 4 is 11.9 Å². The van der Waals surface area contributed by atoms with E-state index < -0.39 is 17.3 Å². The van der Waals surface area contributed by atoms with Crippen LogP contribution in [0.2, 0.25) is 0 Å². The van der Waals surface area contributed by atoms with Crippen LogP contribution in [0.15, 0.2) is 12.2 Å². The molecule has 2 bridgehead atoms. The molecule has 0 radical (unpaired) electrons. The van der Waals surface area contributed by atoms with Crippen molar-refractivity contribution in [2.24, 2.45) is 23.7 Å². The van der Waals surface area contributed by atoms with Crippen LogP contribution < -0.4 is 0 Å². The Labute approximate surface area is 180 Å². The van der Waals surface area contributed by atoms with Crippen molar-refractivity contribution in [1.82, 2.24) is 0 Å². The molecule has 0 spiro atoms. The van der Waals surface area contributed by atoms with E-state index in [1.165, 1.54) is 13.8 Å². The number of rotatable bonds is 3. The average Bonchev–Trinajstić information content (AvgIpc) is 3.00. The summed E-state index contributed by atoms with van der Waals surface area (Å²) >= 11 is 0. The van der Waals surface area contributed by atoms with Crippen molar-refractivity contribution < 1.29 is 28.9 Å². The molecule has 3 fully saturated rings. The maximum atomic E-state index is 12.0. The third kappa shape index (κ3) is 4.18. The zero-order valence-electron chi connectivity index (χ0n) is 19.3. The zero-order valence-corrected chi connectivity index (χ0v) is 19.3. The van der Waals surface area contributed by atoms with Gasteiger partial charge in [-0.15, -0.1) is 0 Å². The zero-order chi connectivity index (χ0) is 22.4. The van der Waals surface area contributed by atoms with E-state index in [2.05, 4.69) is 20.4 Å². The third-order valence-electron chi connectivity index (χ3n) is 7.72. The maximum Gasteiger partial charge on any atom is 0.303 e. The van der Waals surface area contributed by atoms with E-state index in [9.17, 15) is 14.7 Å². The third-order valence-corrected chi connectivity index (χ3v) is 7.72. The van der Waals surface area contributed by atoms with Crippen molar-refractivity contribution in [1.29, 1.82) is 0 Å². The molecule has 3 rings (SSSR count). The van der Waals surface area contributed by atoms with Gasteiger partial charge in [0.25, 0.3) is 0 Å². The van der Waals surface area contributed by atoms with E-state index in [4.69, 9.17) is 14.2 Å². The summed E-state index contributed by atoms with van der Waals surface area (Å²) in [6, 6.07) is 0. The highest BCUT2D eigenvalue weighted by Gasteiger charge is 2.64. The second kappa shape index (κ2) is 8.27. The largest absolute Gasteiger partial charge is 0.459 e. The van der Waals surface area contributed by atoms with Crippen molar-refractivity contribution in [3.8, 4) is 0 Å². The number of fused-ring (bicyclic) bond motifs is 5. The van der Waals surface area contributed by atoms with E-state index in [1.54, 1.807) is 0 Å². The molecule has 2 saturated heterocycles. The lowest BCUT2D eigenvalue weighted by Gasteiger charge is -2.50. The van der Waals surface area contributed by atoms with Crippen molar-refractivity contribution in [3.05, 3.63) is 12.2 Å². The number of hydrogen-bond acceptors (Lipinski definition) is 6. The monoisotopic (exact) mass is 422 g/mol. The Hall–Kier alpha value is -1.40. The van der Waals surface area contributed by atoms with Crippen LogP contribution in [0.3, 0.4) is 0 Å². The molecule has 0 aromatic carbocycles. The molecule has 6 heteroatoms. The number of aliphatic hydroxyl groups excluding tert-OH is 1. The Balaban J connectivity index is 2.12. The van der Waals surface area contributed by atoms with Crippen LogP contribution in [0.4, 0.5) is 0 Å². The van der Waals surface area contributed by atoms with Gasteiger partial charge in [0.1, 0.15) is 17.3 Å². The van der Waals surface area contributed by atoms with Crippen LogP contribution in [0, 0.1) is 23.7 Å². The molecule has 1 saturated carbocycles. The molecule has 3 aliphatic rings. The summed E-state index contributed by atoms with van der Waals surface area (Å²) in [7, 11) is 0. The summed E-state index contributed by atoms with van der Waals surface area (Å²) in [6.45, 7) is 15.4. The Morgan fingerprint density at radius 3 is 2.23 bits per heavy atom. The van der Waals surface area contributed by atoms with E-state index >= 15 is 0 Å². The lowest BCUT2D eigenvalue weighted by atomic mass is 9.57. The smallest absolute Gasteiger partial charge is 0.303 e. The number of carbonyl (C=O) groups is 2. The van der Waals surface area contributed by atoms with E-state index in [-0.39, 0.29) is 36.0 Å². The van der Waals surface area contributed by atoms with Gasteiger partial charge in [0.05, 0.1) is 12.2 Å². The molecule has 170 valence electrons. The molecule has 1 N–H and O–H groups in total. The normalized spacial score (nSPS) is 43.9. The standard InChI is InChI=1S/C24H38O6/c1-13(2)17-8-10-23(6,29-15(4)25)21-19-12-14(3)18(27)9-11-24(7,30-16(5)26)22(28-19)20(17)21/h13,17-22,27H,3,8-12H2,1-2,4-7H3/t17-,18+,19-,20-,21-,22-,23-,24-/m1/s1. The summed E-state index contributed by atoms with van der Waals surface area (Å²) in [6.07, 6.45) is 1.92. The molecule has 0 unspecified atom stereocenters. The van der Waals surface area contributed by atoms with Crippen LogP contribution in [0.5, 0.6) is 0 Å². The van der Waals surface area contributed by atoms with Gasteiger partial charge in [0, 0.05) is 25.7 Å². The SMILES string of the molecule is C=C1C[C@H]2O[C@H]([C@H]3[C@@H]2[C@](C)(OC(C)=O)CC[C@@H]3C(C)C)[C@](C)(OC(C)=O)CC[C@@H]1O. The second-order valence-electron chi connectivity index (χ2n) is 10.4. The lowest BCUT2D eigenvalue weighted by molar-refractivity contribution is -0.181. The summed E-state index contributed by atoms with van der Waals surface area (Å²) in [5, 5.41) is 10.6. The van der Waals surface area contributed by atoms with E-state index in [0.29, 0.717) is 31.1 Å². The van der Waals surface area contributed by atoms with Crippen LogP contribution in [0.1, 0.15) is 73.6 Å². The van der Waals surface area contributed by atoms with Gasteiger partial charge < -0.3 is 19.3 Å². The predicted molar refractivity (Wildman–Crippen MR) is 113 cm³/mol. The highest BCUT2D eigenvalue weighted by Crippen LogP contribution is 2.58. The Morgan fingerprint density at radius 2 is 1.67 bits per heavy atom. The molecule has 30 heavy (non-hydrogen) atoms. The fraction of sp³-hybridized carbons (Fsp3) is 0.833. The highest BCUT2D eigenvalue weighted by atomic mass is 16.6. The first-order valence-corrected chi connectivity index (χ1v) is 11.3. The molecule has 0 aromatic heterocycles. The quantitative estimate of drug-likeness (QED) is 0.550. The van der Waals surface area contributed by atoms with Gasteiger partial charge in [-0.25, -0.2) is 0 Å². The Kier molecular flexibility index (Phi) is 6.41. The fourth-order valence-corrected chi connectivity index (χ4v) is 6.46. The molecule has 8 atom stereocenters. The molecule has 0 aromatic rings. The Bertz CT molecular complexity index is 702. The highest BCUT2D eigenvalue weighted by molar-refractivity contribution is 5.67. The lowest BCUT2D eigenvalue weighted by Crippen LogP contribution is -2.56. The summed E-state index contributed by atoms with van der Waals surface area (Å²) in [4.78, 5) is 24.0. The van der Waals surface area contributed by atoms with E-state index in [0.717, 1.165) is 18.4 Å². The van der Waals surface area contributed by atoms with Crippen molar-refractivity contribution in [2.75, 3.05) is 0 Å². The number of carbonyl (C=O) groups excluding carboxylic acids is 2. The minimum Gasteiger partial charge on any atom is -0.459 e. The first kappa shape index (κ1) is 23.3. The molecule has 2 aliphatic heterocycles. The second-order valence-corrected chi connectivity index (χ2v) is 10.4. The summed E-state index contributed by atoms with van der Waals surface area (Å²) in [5.74, 6) is 0.164. The molecule has 6 nitrogen and oxygen atoms in total. The van der Waals surface area contributed by atoms with Gasteiger partial charge in [-0.2, -0.15) is 0 Å². The van der Waals surface area contributed by atoms with Crippen molar-refractivity contribution in [2.45, 2.75) is 103 Å². The number of ether oxygens (including phenoxy) is 3. The maximum absolute atomic E-state index is 12.0. The van der Waals surface area contributed by atoms with E-state index in [1.807, 2.05) is 13.8 Å². The molecular weight excluding hydrogens is 384 g/mol. The van der Waals surface area contributed by atoms with Crippen LogP contribution >= 0.6 is 0 Å². The van der Waals surface area contributed by atoms with Gasteiger partial charge in [-0.3, -0.25) is 9.59 Å². The first-order chi connectivity index (χ1) is 13.9. The molecule has 0 amide bonds. The first-order valence-electron chi connectivity index (χ1n) is 11.3. The minimum absolute atomic E-state index is 0.0514. The van der Waals surface area contributed by atoms with Crippen LogP contribution in [0.25, 0.3) is 0 Å².